The minimum Gasteiger partial charge on any atom is -0.391 e. The molecule has 0 spiro atoms. The van der Waals surface area contributed by atoms with E-state index >= 15 is 0 Å². The molecule has 1 aliphatic heterocycles. The number of aliphatic hydroxyl groups excluding tert-OH is 2. The number of aliphatic hydroxyl groups is 2. The fourth-order valence-corrected chi connectivity index (χ4v) is 2.60. The first-order valence-corrected chi connectivity index (χ1v) is 5.28. The van der Waals surface area contributed by atoms with Gasteiger partial charge in [0.2, 0.25) is 0 Å². The van der Waals surface area contributed by atoms with E-state index in [0.29, 0.717) is 12.0 Å². The third-order valence-corrected chi connectivity index (χ3v) is 3.51. The molecule has 1 heterocycles. The number of rotatable bonds is 1. The van der Waals surface area contributed by atoms with Crippen molar-refractivity contribution in [2.75, 3.05) is 13.1 Å². The van der Waals surface area contributed by atoms with Crippen LogP contribution in [0, 0.1) is 5.92 Å². The monoisotopic (exact) mass is 185 g/mol. The summed E-state index contributed by atoms with van der Waals surface area (Å²) in [6.07, 6.45) is 2.82. The van der Waals surface area contributed by atoms with Crippen molar-refractivity contribution in [2.45, 2.75) is 44.4 Å². The van der Waals surface area contributed by atoms with Gasteiger partial charge in [0.25, 0.3) is 0 Å². The molecule has 1 saturated heterocycles. The summed E-state index contributed by atoms with van der Waals surface area (Å²) in [5.74, 6) is 0.368. The standard InChI is InChI=1S/C10H19NO2/c1-7-5-11(6-10(7)13)8-3-2-4-9(8)12/h7-10,12-13H,2-6H2,1H3. The molecule has 2 N–H and O–H groups in total. The van der Waals surface area contributed by atoms with E-state index in [2.05, 4.69) is 11.8 Å². The number of nitrogens with zero attached hydrogens (tertiary/aromatic N) is 1. The van der Waals surface area contributed by atoms with Crippen molar-refractivity contribution >= 4 is 0 Å². The van der Waals surface area contributed by atoms with E-state index in [1.165, 1.54) is 0 Å². The van der Waals surface area contributed by atoms with Gasteiger partial charge in [-0.25, -0.2) is 0 Å². The van der Waals surface area contributed by atoms with Gasteiger partial charge in [-0.3, -0.25) is 4.90 Å². The summed E-state index contributed by atoms with van der Waals surface area (Å²) < 4.78 is 0. The molecule has 1 aliphatic carbocycles. The lowest BCUT2D eigenvalue weighted by atomic mass is 10.1. The summed E-state index contributed by atoms with van der Waals surface area (Å²) >= 11 is 0. The molecule has 0 aromatic heterocycles. The first kappa shape index (κ1) is 9.44. The van der Waals surface area contributed by atoms with E-state index in [-0.39, 0.29) is 12.2 Å². The molecule has 4 atom stereocenters. The largest absolute Gasteiger partial charge is 0.391 e. The first-order valence-electron chi connectivity index (χ1n) is 5.28. The van der Waals surface area contributed by atoms with Gasteiger partial charge in [0.05, 0.1) is 12.2 Å². The van der Waals surface area contributed by atoms with Crippen LogP contribution in [0.15, 0.2) is 0 Å². The van der Waals surface area contributed by atoms with Crippen LogP contribution >= 0.6 is 0 Å². The Hall–Kier alpha value is -0.120. The van der Waals surface area contributed by atoms with Crippen molar-refractivity contribution in [3.63, 3.8) is 0 Å². The fraction of sp³-hybridized carbons (Fsp3) is 1.00. The Bertz CT molecular complexity index is 176. The lowest BCUT2D eigenvalue weighted by Crippen LogP contribution is -2.39. The predicted molar refractivity (Wildman–Crippen MR) is 50.4 cm³/mol. The molecule has 0 radical (unpaired) electrons. The molecule has 3 nitrogen and oxygen atoms in total. The molecule has 0 amide bonds. The summed E-state index contributed by atoms with van der Waals surface area (Å²) in [5.41, 5.74) is 0. The van der Waals surface area contributed by atoms with Gasteiger partial charge >= 0.3 is 0 Å². The van der Waals surface area contributed by atoms with E-state index < -0.39 is 0 Å². The lowest BCUT2D eigenvalue weighted by molar-refractivity contribution is 0.0750. The summed E-state index contributed by atoms with van der Waals surface area (Å²) in [6.45, 7) is 3.78. The first-order chi connectivity index (χ1) is 6.18. The maximum absolute atomic E-state index is 9.70. The van der Waals surface area contributed by atoms with Crippen LogP contribution in [0.3, 0.4) is 0 Å². The van der Waals surface area contributed by atoms with Crippen LogP contribution in [0.1, 0.15) is 26.2 Å². The van der Waals surface area contributed by atoms with Gasteiger partial charge in [0.1, 0.15) is 0 Å². The summed E-state index contributed by atoms with van der Waals surface area (Å²) in [5, 5.41) is 19.3. The summed E-state index contributed by atoms with van der Waals surface area (Å²) in [4.78, 5) is 2.26. The maximum atomic E-state index is 9.70. The molecule has 2 rings (SSSR count). The fourth-order valence-electron chi connectivity index (χ4n) is 2.60. The van der Waals surface area contributed by atoms with Crippen molar-refractivity contribution in [2.24, 2.45) is 5.92 Å². The maximum Gasteiger partial charge on any atom is 0.0704 e. The van der Waals surface area contributed by atoms with E-state index in [0.717, 1.165) is 32.4 Å². The highest BCUT2D eigenvalue weighted by Crippen LogP contribution is 2.28. The Balaban J connectivity index is 1.95. The SMILES string of the molecule is CC1CN(C2CCCC2O)CC1O. The van der Waals surface area contributed by atoms with Gasteiger partial charge in [-0.2, -0.15) is 0 Å². The smallest absolute Gasteiger partial charge is 0.0704 e. The van der Waals surface area contributed by atoms with Crippen LogP contribution in [-0.2, 0) is 0 Å². The second-order valence-electron chi connectivity index (χ2n) is 4.56. The minimum absolute atomic E-state index is 0.155. The second-order valence-corrected chi connectivity index (χ2v) is 4.56. The van der Waals surface area contributed by atoms with Crippen LogP contribution in [0.5, 0.6) is 0 Å². The Morgan fingerprint density at radius 1 is 1.08 bits per heavy atom. The van der Waals surface area contributed by atoms with Crippen molar-refractivity contribution in [3.05, 3.63) is 0 Å². The molecular weight excluding hydrogens is 166 g/mol. The molecule has 1 saturated carbocycles. The molecule has 3 heteroatoms. The normalized spacial score (nSPS) is 47.3. The molecule has 0 aromatic carbocycles. The zero-order valence-corrected chi connectivity index (χ0v) is 8.19. The third kappa shape index (κ3) is 1.73. The van der Waals surface area contributed by atoms with Crippen molar-refractivity contribution in [1.29, 1.82) is 0 Å². The number of hydrogen-bond acceptors (Lipinski definition) is 3. The molecule has 2 fully saturated rings. The van der Waals surface area contributed by atoms with Crippen LogP contribution in [0.2, 0.25) is 0 Å². The van der Waals surface area contributed by atoms with E-state index in [1.54, 1.807) is 0 Å². The summed E-state index contributed by atoms with van der Waals surface area (Å²) in [7, 11) is 0. The molecule has 0 bridgehead atoms. The number of β-amino-alcohol motifs (C(OH)–C–C–N with tert-alkyl or cyclic N) is 1. The van der Waals surface area contributed by atoms with Crippen molar-refractivity contribution < 1.29 is 10.2 Å². The molecule has 4 unspecified atom stereocenters. The van der Waals surface area contributed by atoms with Crippen LogP contribution in [0.25, 0.3) is 0 Å². The highest BCUT2D eigenvalue weighted by Gasteiger charge is 2.37. The Kier molecular flexibility index (Phi) is 2.58. The Labute approximate surface area is 79.4 Å². The average Bonchev–Trinajstić information content (AvgIpc) is 2.60. The van der Waals surface area contributed by atoms with E-state index in [9.17, 15) is 10.2 Å². The highest BCUT2D eigenvalue weighted by atomic mass is 16.3. The summed E-state index contributed by atoms with van der Waals surface area (Å²) in [6, 6.07) is 0.319. The quantitative estimate of drug-likeness (QED) is 0.614. The average molecular weight is 185 g/mol. The molecule has 13 heavy (non-hydrogen) atoms. The lowest BCUT2D eigenvalue weighted by Gasteiger charge is -2.26. The third-order valence-electron chi connectivity index (χ3n) is 3.51. The molecule has 76 valence electrons. The molecular formula is C10H19NO2. The Morgan fingerprint density at radius 2 is 1.85 bits per heavy atom. The molecule has 2 aliphatic rings. The van der Waals surface area contributed by atoms with Crippen LogP contribution in [-0.4, -0.2) is 46.5 Å². The zero-order valence-electron chi connectivity index (χ0n) is 8.19. The van der Waals surface area contributed by atoms with E-state index in [4.69, 9.17) is 0 Å². The van der Waals surface area contributed by atoms with Gasteiger partial charge < -0.3 is 10.2 Å². The molecule has 0 aromatic rings. The Morgan fingerprint density at radius 3 is 2.31 bits per heavy atom. The van der Waals surface area contributed by atoms with Crippen molar-refractivity contribution in [3.8, 4) is 0 Å². The number of hydrogen-bond donors (Lipinski definition) is 2. The number of likely N-dealkylation sites (tertiary alicyclic amines) is 1. The van der Waals surface area contributed by atoms with Gasteiger partial charge in [-0.05, 0) is 25.2 Å². The zero-order chi connectivity index (χ0) is 9.42. The van der Waals surface area contributed by atoms with Gasteiger partial charge in [0.15, 0.2) is 0 Å². The van der Waals surface area contributed by atoms with E-state index in [1.807, 2.05) is 0 Å². The topological polar surface area (TPSA) is 43.7 Å². The minimum atomic E-state index is -0.187. The van der Waals surface area contributed by atoms with Gasteiger partial charge in [-0.15, -0.1) is 0 Å². The predicted octanol–water partition coefficient (Wildman–Crippen LogP) is 0.212. The van der Waals surface area contributed by atoms with Gasteiger partial charge in [-0.1, -0.05) is 6.92 Å². The van der Waals surface area contributed by atoms with Gasteiger partial charge in [0, 0.05) is 19.1 Å². The highest BCUT2D eigenvalue weighted by molar-refractivity contribution is 4.91. The van der Waals surface area contributed by atoms with Crippen LogP contribution in [0.4, 0.5) is 0 Å². The van der Waals surface area contributed by atoms with Crippen LogP contribution < -0.4 is 0 Å². The second kappa shape index (κ2) is 3.56. The van der Waals surface area contributed by atoms with Crippen molar-refractivity contribution in [1.82, 2.24) is 4.90 Å².